The number of esters is 1. The lowest BCUT2D eigenvalue weighted by Crippen LogP contribution is -2.13. The van der Waals surface area contributed by atoms with Crippen molar-refractivity contribution in [3.63, 3.8) is 0 Å². The Bertz CT molecular complexity index is 1010. The topological polar surface area (TPSA) is 83.8 Å². The van der Waals surface area contributed by atoms with Gasteiger partial charge in [-0.2, -0.15) is 0 Å². The lowest BCUT2D eigenvalue weighted by atomic mass is 10.0. The second kappa shape index (κ2) is 16.8. The van der Waals surface area contributed by atoms with Crippen molar-refractivity contribution >= 4 is 23.7 Å². The molecule has 5 nitrogen and oxygen atoms in total. The van der Waals surface area contributed by atoms with Crippen molar-refractivity contribution in [2.75, 3.05) is 7.11 Å². The van der Waals surface area contributed by atoms with Gasteiger partial charge in [-0.25, -0.2) is 9.59 Å². The summed E-state index contributed by atoms with van der Waals surface area (Å²) in [6.07, 6.45) is 17.0. The fourth-order valence-corrected chi connectivity index (χ4v) is 4.92. The number of methoxy groups -OCH3 is 1. The third-order valence-electron chi connectivity index (χ3n) is 5.84. The number of aliphatic hydroxyl groups is 1. The normalized spacial score (nSPS) is 13.2. The van der Waals surface area contributed by atoms with Gasteiger partial charge in [-0.1, -0.05) is 88.0 Å². The highest BCUT2D eigenvalue weighted by molar-refractivity contribution is 8.00. The molecule has 0 saturated heterocycles. The van der Waals surface area contributed by atoms with E-state index in [1.54, 1.807) is 30.3 Å². The average molecular weight is 511 g/mol. The first-order valence-electron chi connectivity index (χ1n) is 12.7. The number of thioether (sulfide) groups is 1. The van der Waals surface area contributed by atoms with E-state index in [9.17, 15) is 19.8 Å². The van der Waals surface area contributed by atoms with Crippen LogP contribution in [0.5, 0.6) is 0 Å². The number of unbranched alkanes of at least 4 members (excludes halogenated alkanes) is 7. The van der Waals surface area contributed by atoms with Crippen molar-refractivity contribution in [3.05, 3.63) is 89.5 Å². The number of hydrogen-bond acceptors (Lipinski definition) is 5. The molecule has 6 heteroatoms. The molecule has 0 aliphatic carbocycles. The minimum atomic E-state index is -1.04. The highest BCUT2D eigenvalue weighted by atomic mass is 32.2. The molecule has 0 radical (unpaired) electrons. The number of aliphatic hydroxyl groups excluding tert-OH is 1. The molecule has 0 aliphatic heterocycles. The standard InChI is InChI=1S/C30H38O5S/c1-3-4-5-6-7-8-9-10-11-12-13-20-27(28(31)23-16-14-17-24(21-23)29(32)33)36-26-19-15-18-25(22-26)30(34)35-2/h11-22,27-28,31H,3-10H2,1-2H3,(H,32,33)/t27-,28+/m1/s1. The molecule has 2 aromatic carbocycles. The van der Waals surface area contributed by atoms with Crippen molar-refractivity contribution in [1.82, 2.24) is 0 Å². The maximum Gasteiger partial charge on any atom is 0.337 e. The van der Waals surface area contributed by atoms with E-state index < -0.39 is 23.3 Å². The monoisotopic (exact) mass is 510 g/mol. The number of carboxylic acids is 1. The van der Waals surface area contributed by atoms with Crippen LogP contribution >= 0.6 is 11.8 Å². The van der Waals surface area contributed by atoms with Gasteiger partial charge < -0.3 is 14.9 Å². The molecule has 0 unspecified atom stereocenters. The molecule has 0 bridgehead atoms. The van der Waals surface area contributed by atoms with E-state index >= 15 is 0 Å². The second-order valence-corrected chi connectivity index (χ2v) is 9.95. The van der Waals surface area contributed by atoms with Gasteiger partial charge in [0, 0.05) is 4.90 Å². The van der Waals surface area contributed by atoms with Crippen LogP contribution in [-0.2, 0) is 4.74 Å². The van der Waals surface area contributed by atoms with Crippen LogP contribution in [0.15, 0.2) is 77.7 Å². The number of benzene rings is 2. The Morgan fingerprint density at radius 2 is 1.64 bits per heavy atom. The Kier molecular flexibility index (Phi) is 13.7. The zero-order chi connectivity index (χ0) is 26.2. The van der Waals surface area contributed by atoms with Gasteiger partial charge in [0.15, 0.2) is 0 Å². The van der Waals surface area contributed by atoms with E-state index in [1.807, 2.05) is 24.3 Å². The molecule has 0 aromatic heterocycles. The van der Waals surface area contributed by atoms with Gasteiger partial charge in [0.1, 0.15) is 0 Å². The van der Waals surface area contributed by atoms with Crippen LogP contribution in [0, 0.1) is 0 Å². The van der Waals surface area contributed by atoms with E-state index in [0.29, 0.717) is 11.1 Å². The third-order valence-corrected chi connectivity index (χ3v) is 7.05. The molecule has 0 fully saturated rings. The summed E-state index contributed by atoms with van der Waals surface area (Å²) in [5.74, 6) is -1.46. The summed E-state index contributed by atoms with van der Waals surface area (Å²) in [5.41, 5.74) is 1.08. The van der Waals surface area contributed by atoms with E-state index in [-0.39, 0.29) is 5.56 Å². The van der Waals surface area contributed by atoms with E-state index in [0.717, 1.165) is 11.3 Å². The molecule has 0 heterocycles. The fourth-order valence-electron chi connectivity index (χ4n) is 3.79. The van der Waals surface area contributed by atoms with Crippen molar-refractivity contribution in [1.29, 1.82) is 0 Å². The molecule has 0 spiro atoms. The van der Waals surface area contributed by atoms with Gasteiger partial charge >= 0.3 is 11.9 Å². The number of carboxylic acid groups (broad SMARTS) is 1. The number of aromatic carboxylic acids is 1. The fraction of sp³-hybridized carbons (Fsp3) is 0.400. The summed E-state index contributed by atoms with van der Waals surface area (Å²) in [5, 5.41) is 20.1. The summed E-state index contributed by atoms with van der Waals surface area (Å²) in [6.45, 7) is 2.23. The zero-order valence-electron chi connectivity index (χ0n) is 21.3. The van der Waals surface area contributed by atoms with Crippen LogP contribution in [0.2, 0.25) is 0 Å². The lowest BCUT2D eigenvalue weighted by Gasteiger charge is -2.20. The van der Waals surface area contributed by atoms with Gasteiger partial charge in [0.05, 0.1) is 29.6 Å². The first-order valence-corrected chi connectivity index (χ1v) is 13.5. The van der Waals surface area contributed by atoms with Crippen molar-refractivity contribution in [2.45, 2.75) is 74.5 Å². The summed E-state index contributed by atoms with van der Waals surface area (Å²) in [6, 6.07) is 13.4. The largest absolute Gasteiger partial charge is 0.478 e. The Labute approximate surface area is 219 Å². The van der Waals surface area contributed by atoms with Crippen molar-refractivity contribution in [2.24, 2.45) is 0 Å². The smallest absolute Gasteiger partial charge is 0.337 e. The number of carbonyl (C=O) groups excluding carboxylic acids is 1. The van der Waals surface area contributed by atoms with Gasteiger partial charge in [-0.05, 0) is 48.7 Å². The van der Waals surface area contributed by atoms with Crippen LogP contribution in [0.25, 0.3) is 0 Å². The van der Waals surface area contributed by atoms with Gasteiger partial charge in [-0.3, -0.25) is 0 Å². The highest BCUT2D eigenvalue weighted by Crippen LogP contribution is 2.34. The van der Waals surface area contributed by atoms with Crippen LogP contribution in [0.3, 0.4) is 0 Å². The predicted octanol–water partition coefficient (Wildman–Crippen LogP) is 7.62. The molecular weight excluding hydrogens is 472 g/mol. The summed E-state index contributed by atoms with van der Waals surface area (Å²) in [7, 11) is 1.34. The van der Waals surface area contributed by atoms with Gasteiger partial charge in [0.2, 0.25) is 0 Å². The SMILES string of the molecule is CCCCCCCCCC=CC=C[C@@H](Sc1cccc(C(=O)OC)c1)[C@@H](O)c1cccc(C(=O)O)c1. The summed E-state index contributed by atoms with van der Waals surface area (Å²) >= 11 is 1.40. The third kappa shape index (κ3) is 10.4. The summed E-state index contributed by atoms with van der Waals surface area (Å²) in [4.78, 5) is 24.1. The molecule has 194 valence electrons. The molecular formula is C30H38O5S. The molecule has 0 saturated carbocycles. The number of ether oxygens (including phenoxy) is 1. The minimum Gasteiger partial charge on any atom is -0.478 e. The number of hydrogen-bond donors (Lipinski definition) is 2. The van der Waals surface area contributed by atoms with Gasteiger partial charge in [0.25, 0.3) is 0 Å². The van der Waals surface area contributed by atoms with Crippen molar-refractivity contribution in [3.8, 4) is 0 Å². The highest BCUT2D eigenvalue weighted by Gasteiger charge is 2.21. The van der Waals surface area contributed by atoms with E-state index in [1.165, 1.54) is 76.0 Å². The summed E-state index contributed by atoms with van der Waals surface area (Å²) < 4.78 is 4.82. The second-order valence-electron chi connectivity index (χ2n) is 8.70. The molecule has 0 aliphatic rings. The van der Waals surface area contributed by atoms with E-state index in [4.69, 9.17) is 4.74 Å². The molecule has 2 aromatic rings. The first kappa shape index (κ1) is 29.4. The quantitative estimate of drug-likeness (QED) is 0.105. The van der Waals surface area contributed by atoms with Crippen LogP contribution in [-0.4, -0.2) is 34.5 Å². The van der Waals surface area contributed by atoms with E-state index in [2.05, 4.69) is 13.0 Å². The Hall–Kier alpha value is -2.83. The molecule has 0 amide bonds. The van der Waals surface area contributed by atoms with Crippen LogP contribution in [0.4, 0.5) is 0 Å². The number of carbonyl (C=O) groups is 2. The maximum absolute atomic E-state index is 11.9. The first-order chi connectivity index (χ1) is 17.5. The minimum absolute atomic E-state index is 0.126. The zero-order valence-corrected chi connectivity index (χ0v) is 22.1. The predicted molar refractivity (Wildman–Crippen MR) is 147 cm³/mol. The maximum atomic E-state index is 11.9. The molecule has 2 rings (SSSR count). The lowest BCUT2D eigenvalue weighted by molar-refractivity contribution is 0.0599. The number of allylic oxidation sites excluding steroid dienone is 3. The van der Waals surface area contributed by atoms with Crippen LogP contribution < -0.4 is 0 Å². The van der Waals surface area contributed by atoms with Gasteiger partial charge in [-0.15, -0.1) is 11.8 Å². The molecule has 36 heavy (non-hydrogen) atoms. The molecule has 2 N–H and O–H groups in total. The number of rotatable bonds is 16. The molecule has 2 atom stereocenters. The Morgan fingerprint density at radius 3 is 2.36 bits per heavy atom. The Morgan fingerprint density at radius 1 is 0.944 bits per heavy atom. The Balaban J connectivity index is 2.08. The average Bonchev–Trinajstić information content (AvgIpc) is 2.90. The van der Waals surface area contributed by atoms with Crippen molar-refractivity contribution < 1.29 is 24.5 Å². The van der Waals surface area contributed by atoms with Crippen LogP contribution in [0.1, 0.15) is 90.7 Å².